The van der Waals surface area contributed by atoms with Gasteiger partial charge < -0.3 is 10.4 Å². The highest BCUT2D eigenvalue weighted by Gasteiger charge is 2.37. The highest BCUT2D eigenvalue weighted by atomic mass is 35.5. The van der Waals surface area contributed by atoms with E-state index in [0.717, 1.165) is 11.2 Å². The van der Waals surface area contributed by atoms with Crippen LogP contribution in [0.1, 0.15) is 18.1 Å². The van der Waals surface area contributed by atoms with Gasteiger partial charge in [0.05, 0.1) is 25.4 Å². The molecule has 2 N–H and O–H groups in total. The Labute approximate surface area is 145 Å². The Hall–Kier alpha value is -1.84. The minimum Gasteiger partial charge on any atom is -0.388 e. The first-order valence-corrected chi connectivity index (χ1v) is 9.43. The summed E-state index contributed by atoms with van der Waals surface area (Å²) in [5.41, 5.74) is 0.622. The van der Waals surface area contributed by atoms with Gasteiger partial charge in [0.25, 0.3) is 0 Å². The second-order valence-corrected chi connectivity index (χ2v) is 7.70. The predicted octanol–water partition coefficient (Wildman–Crippen LogP) is 1.17. The Morgan fingerprint density at radius 3 is 2.71 bits per heavy atom. The van der Waals surface area contributed by atoms with Gasteiger partial charge in [0.2, 0.25) is 10.0 Å². The number of amides is 4. The summed E-state index contributed by atoms with van der Waals surface area (Å²) in [4.78, 5) is 24.7. The SMILES string of the molecule is CS(=O)(=O)N1CCN(C(=O)NCC[C@H](O)c2cccc(Cl)c2)C1=O. The summed E-state index contributed by atoms with van der Waals surface area (Å²) in [6.07, 6.45) is 0.322. The number of aliphatic hydroxyl groups excluding tert-OH is 1. The fourth-order valence-corrected chi connectivity index (χ4v) is 3.30. The number of carbonyl (C=O) groups excluding carboxylic acids is 2. The number of benzene rings is 1. The molecule has 0 aliphatic carbocycles. The molecule has 8 nitrogen and oxygen atoms in total. The standard InChI is InChI=1S/C14H18ClN3O5S/c1-24(22,23)18-8-7-17(14(18)21)13(20)16-6-5-12(19)10-3-2-4-11(15)9-10/h2-4,9,12,19H,5-8H2,1H3,(H,16,20)/t12-/m0/s1. The van der Waals surface area contributed by atoms with E-state index in [2.05, 4.69) is 5.32 Å². The monoisotopic (exact) mass is 375 g/mol. The first-order valence-electron chi connectivity index (χ1n) is 7.20. The third-order valence-corrected chi connectivity index (χ3v) is 4.92. The average Bonchev–Trinajstić information content (AvgIpc) is 2.88. The van der Waals surface area contributed by atoms with Crippen molar-refractivity contribution in [3.63, 3.8) is 0 Å². The molecule has 1 atom stereocenters. The van der Waals surface area contributed by atoms with Crippen molar-refractivity contribution in [3.8, 4) is 0 Å². The highest BCUT2D eigenvalue weighted by molar-refractivity contribution is 7.88. The van der Waals surface area contributed by atoms with E-state index in [9.17, 15) is 23.1 Å². The van der Waals surface area contributed by atoms with E-state index >= 15 is 0 Å². The lowest BCUT2D eigenvalue weighted by molar-refractivity contribution is 0.164. The molecule has 4 amide bonds. The van der Waals surface area contributed by atoms with Crippen LogP contribution in [0.25, 0.3) is 0 Å². The Kier molecular flexibility index (Phi) is 5.68. The Morgan fingerprint density at radius 1 is 1.42 bits per heavy atom. The second kappa shape index (κ2) is 7.37. The molecule has 0 radical (unpaired) electrons. The van der Waals surface area contributed by atoms with E-state index in [4.69, 9.17) is 11.6 Å². The molecule has 0 unspecified atom stereocenters. The van der Waals surface area contributed by atoms with E-state index < -0.39 is 28.2 Å². The maximum Gasteiger partial charge on any atom is 0.341 e. The minimum absolute atomic E-state index is 0.00537. The Morgan fingerprint density at radius 2 is 2.12 bits per heavy atom. The van der Waals surface area contributed by atoms with Gasteiger partial charge in [-0.25, -0.2) is 27.2 Å². The van der Waals surface area contributed by atoms with Gasteiger partial charge in [-0.3, -0.25) is 0 Å². The lowest BCUT2D eigenvalue weighted by Gasteiger charge is -2.17. The number of aliphatic hydroxyl groups is 1. The normalized spacial score (nSPS) is 16.4. The smallest absolute Gasteiger partial charge is 0.341 e. The van der Waals surface area contributed by atoms with Crippen molar-refractivity contribution in [2.45, 2.75) is 12.5 Å². The zero-order chi connectivity index (χ0) is 17.9. The number of sulfonamides is 1. The summed E-state index contributed by atoms with van der Waals surface area (Å²) in [7, 11) is -3.68. The molecule has 1 aliphatic rings. The van der Waals surface area contributed by atoms with Gasteiger partial charge in [-0.1, -0.05) is 23.7 Å². The van der Waals surface area contributed by atoms with Crippen molar-refractivity contribution < 1.29 is 23.1 Å². The molecule has 0 aromatic heterocycles. The van der Waals surface area contributed by atoms with Crippen LogP contribution in [-0.4, -0.2) is 60.7 Å². The highest BCUT2D eigenvalue weighted by Crippen LogP contribution is 2.20. The van der Waals surface area contributed by atoms with Crippen LogP contribution < -0.4 is 5.32 Å². The summed E-state index contributed by atoms with van der Waals surface area (Å²) in [6, 6.07) is 5.18. The number of halogens is 1. The molecule has 132 valence electrons. The van der Waals surface area contributed by atoms with Gasteiger partial charge in [-0.2, -0.15) is 0 Å². The van der Waals surface area contributed by atoms with E-state index in [1.165, 1.54) is 0 Å². The van der Waals surface area contributed by atoms with Crippen molar-refractivity contribution in [3.05, 3.63) is 34.9 Å². The van der Waals surface area contributed by atoms with Crippen LogP contribution in [0.15, 0.2) is 24.3 Å². The lowest BCUT2D eigenvalue weighted by Crippen LogP contribution is -2.44. The molecule has 1 aromatic rings. The fraction of sp³-hybridized carbons (Fsp3) is 0.429. The van der Waals surface area contributed by atoms with E-state index in [0.29, 0.717) is 14.9 Å². The van der Waals surface area contributed by atoms with E-state index in [1.807, 2.05) is 0 Å². The third kappa shape index (κ3) is 4.37. The zero-order valence-electron chi connectivity index (χ0n) is 13.0. The van der Waals surface area contributed by atoms with Gasteiger partial charge in [-0.05, 0) is 24.1 Å². The minimum atomic E-state index is -3.68. The number of imide groups is 1. The molecule has 1 aliphatic heterocycles. The van der Waals surface area contributed by atoms with Gasteiger partial charge in [0.1, 0.15) is 0 Å². The van der Waals surface area contributed by atoms with E-state index in [-0.39, 0.29) is 26.1 Å². The molecule has 0 saturated carbocycles. The van der Waals surface area contributed by atoms with Crippen LogP contribution >= 0.6 is 11.6 Å². The van der Waals surface area contributed by atoms with Crippen LogP contribution in [0, 0.1) is 0 Å². The first-order chi connectivity index (χ1) is 11.2. The lowest BCUT2D eigenvalue weighted by atomic mass is 10.1. The summed E-state index contributed by atoms with van der Waals surface area (Å²) >= 11 is 5.85. The van der Waals surface area contributed by atoms with Crippen molar-refractivity contribution in [1.82, 2.24) is 14.5 Å². The van der Waals surface area contributed by atoms with Crippen LogP contribution in [-0.2, 0) is 10.0 Å². The number of rotatable bonds is 5. The number of urea groups is 2. The maximum atomic E-state index is 12.0. The van der Waals surface area contributed by atoms with Crippen LogP contribution in [0.5, 0.6) is 0 Å². The summed E-state index contributed by atoms with van der Waals surface area (Å²) in [6.45, 7) is 0.0555. The summed E-state index contributed by atoms with van der Waals surface area (Å²) in [5, 5.41) is 13.0. The van der Waals surface area contributed by atoms with Crippen LogP contribution in [0.4, 0.5) is 9.59 Å². The molecule has 1 fully saturated rings. The topological polar surface area (TPSA) is 107 Å². The number of hydrogen-bond donors (Lipinski definition) is 2. The molecular formula is C14H18ClN3O5S. The van der Waals surface area contributed by atoms with Gasteiger partial charge in [0.15, 0.2) is 0 Å². The van der Waals surface area contributed by atoms with Crippen LogP contribution in [0.3, 0.4) is 0 Å². The summed E-state index contributed by atoms with van der Waals surface area (Å²) < 4.78 is 23.5. The fourth-order valence-electron chi connectivity index (χ4n) is 2.30. The molecule has 1 saturated heterocycles. The molecule has 1 aromatic carbocycles. The Balaban J connectivity index is 1.85. The Bertz CT molecular complexity index is 740. The molecule has 10 heteroatoms. The molecule has 24 heavy (non-hydrogen) atoms. The second-order valence-electron chi connectivity index (χ2n) is 5.36. The first kappa shape index (κ1) is 18.5. The predicted molar refractivity (Wildman–Crippen MR) is 88.1 cm³/mol. The van der Waals surface area contributed by atoms with Gasteiger partial charge in [0, 0.05) is 11.6 Å². The van der Waals surface area contributed by atoms with Crippen molar-refractivity contribution >= 4 is 33.7 Å². The van der Waals surface area contributed by atoms with E-state index in [1.54, 1.807) is 24.3 Å². The van der Waals surface area contributed by atoms with Gasteiger partial charge >= 0.3 is 12.1 Å². The number of carbonyl (C=O) groups is 2. The largest absolute Gasteiger partial charge is 0.388 e. The van der Waals surface area contributed by atoms with Gasteiger partial charge in [-0.15, -0.1) is 0 Å². The zero-order valence-corrected chi connectivity index (χ0v) is 14.5. The van der Waals surface area contributed by atoms with Crippen molar-refractivity contribution in [1.29, 1.82) is 0 Å². The molecule has 0 spiro atoms. The number of hydrogen-bond acceptors (Lipinski definition) is 5. The quantitative estimate of drug-likeness (QED) is 0.803. The van der Waals surface area contributed by atoms with Crippen molar-refractivity contribution in [2.75, 3.05) is 25.9 Å². The number of nitrogens with zero attached hydrogens (tertiary/aromatic N) is 2. The third-order valence-electron chi connectivity index (χ3n) is 3.54. The molecule has 1 heterocycles. The summed E-state index contributed by atoms with van der Waals surface area (Å²) in [5.74, 6) is 0. The average molecular weight is 376 g/mol. The molecular weight excluding hydrogens is 358 g/mol. The number of nitrogens with one attached hydrogen (secondary N) is 1. The molecule has 2 rings (SSSR count). The molecule has 0 bridgehead atoms. The maximum absolute atomic E-state index is 12.0. The van der Waals surface area contributed by atoms with Crippen LogP contribution in [0.2, 0.25) is 5.02 Å². The van der Waals surface area contributed by atoms with Crippen molar-refractivity contribution in [2.24, 2.45) is 0 Å².